The first-order valence-corrected chi connectivity index (χ1v) is 7.13. The third-order valence-electron chi connectivity index (χ3n) is 2.71. The first-order valence-electron chi connectivity index (χ1n) is 6.75. The molecule has 3 N–H and O–H groups in total. The largest absolute Gasteiger partial charge is 0.449 e. The van der Waals surface area contributed by atoms with Crippen LogP contribution in [0.25, 0.3) is 0 Å². The van der Waals surface area contributed by atoms with Crippen LogP contribution >= 0.6 is 11.6 Å². The number of nitrogens with one attached hydrogen (secondary N) is 1. The Morgan fingerprint density at radius 2 is 2.10 bits per heavy atom. The van der Waals surface area contributed by atoms with Crippen molar-refractivity contribution in [2.75, 3.05) is 26.2 Å². The molecule has 0 atom stereocenters. The summed E-state index contributed by atoms with van der Waals surface area (Å²) >= 11 is 6.03. The molecular weight excluding hydrogens is 294 g/mol. The normalized spacial score (nSPS) is 10.0. The van der Waals surface area contributed by atoms with Crippen molar-refractivity contribution in [2.45, 2.75) is 13.3 Å². The van der Waals surface area contributed by atoms with E-state index in [1.165, 1.54) is 0 Å². The SMILES string of the molecule is CCOC(=O)N(CCN)C(=O)NCCc1ccccc1Cl. The number of nitrogens with two attached hydrogens (primary N) is 1. The Balaban J connectivity index is 2.50. The van der Waals surface area contributed by atoms with Gasteiger partial charge in [-0.05, 0) is 25.0 Å². The van der Waals surface area contributed by atoms with E-state index in [-0.39, 0.29) is 19.7 Å². The van der Waals surface area contributed by atoms with Gasteiger partial charge in [-0.25, -0.2) is 14.5 Å². The number of rotatable bonds is 6. The lowest BCUT2D eigenvalue weighted by Gasteiger charge is -2.19. The van der Waals surface area contributed by atoms with E-state index < -0.39 is 12.1 Å². The Kier molecular flexibility index (Phi) is 7.56. The van der Waals surface area contributed by atoms with Crippen LogP contribution in [0.1, 0.15) is 12.5 Å². The second-order valence-corrected chi connectivity index (χ2v) is 4.62. The number of hydrogen-bond donors (Lipinski definition) is 2. The number of carbonyl (C=O) groups excluding carboxylic acids is 2. The second kappa shape index (κ2) is 9.20. The third-order valence-corrected chi connectivity index (χ3v) is 3.08. The van der Waals surface area contributed by atoms with Gasteiger partial charge in [0.2, 0.25) is 0 Å². The quantitative estimate of drug-likeness (QED) is 0.841. The van der Waals surface area contributed by atoms with Crippen LogP contribution in [0.4, 0.5) is 9.59 Å². The maximum atomic E-state index is 12.0. The minimum Gasteiger partial charge on any atom is -0.449 e. The molecule has 0 saturated heterocycles. The molecule has 0 unspecified atom stereocenters. The van der Waals surface area contributed by atoms with Gasteiger partial charge in [-0.15, -0.1) is 0 Å². The summed E-state index contributed by atoms with van der Waals surface area (Å²) in [5.74, 6) is 0. The summed E-state index contributed by atoms with van der Waals surface area (Å²) in [7, 11) is 0. The summed E-state index contributed by atoms with van der Waals surface area (Å²) in [5.41, 5.74) is 6.33. The Morgan fingerprint density at radius 3 is 2.71 bits per heavy atom. The molecule has 1 aromatic rings. The fourth-order valence-electron chi connectivity index (χ4n) is 1.71. The minimum absolute atomic E-state index is 0.108. The Hall–Kier alpha value is -1.79. The Labute approximate surface area is 129 Å². The zero-order valence-corrected chi connectivity index (χ0v) is 12.7. The molecule has 0 heterocycles. The number of amides is 3. The van der Waals surface area contributed by atoms with Crippen molar-refractivity contribution in [3.05, 3.63) is 34.9 Å². The molecule has 7 heteroatoms. The van der Waals surface area contributed by atoms with Crippen molar-refractivity contribution in [1.29, 1.82) is 0 Å². The van der Waals surface area contributed by atoms with E-state index in [4.69, 9.17) is 22.1 Å². The van der Waals surface area contributed by atoms with Gasteiger partial charge in [0.1, 0.15) is 0 Å². The van der Waals surface area contributed by atoms with Gasteiger partial charge in [-0.3, -0.25) is 0 Å². The standard InChI is InChI=1S/C14H20ClN3O3/c1-2-21-14(20)18(10-8-16)13(19)17-9-7-11-5-3-4-6-12(11)15/h3-6H,2,7-10,16H2,1H3,(H,17,19). The molecule has 1 rings (SSSR count). The maximum absolute atomic E-state index is 12.0. The Bertz CT molecular complexity index is 482. The van der Waals surface area contributed by atoms with Gasteiger partial charge in [0.05, 0.1) is 6.61 Å². The van der Waals surface area contributed by atoms with Crippen molar-refractivity contribution >= 4 is 23.7 Å². The molecule has 0 aliphatic heterocycles. The van der Waals surface area contributed by atoms with Crippen molar-refractivity contribution < 1.29 is 14.3 Å². The van der Waals surface area contributed by atoms with Gasteiger partial charge < -0.3 is 15.8 Å². The highest BCUT2D eigenvalue weighted by Gasteiger charge is 2.21. The topological polar surface area (TPSA) is 84.7 Å². The van der Waals surface area contributed by atoms with E-state index in [1.54, 1.807) is 13.0 Å². The summed E-state index contributed by atoms with van der Waals surface area (Å²) in [6, 6.07) is 6.87. The van der Waals surface area contributed by atoms with Crippen molar-refractivity contribution in [3.8, 4) is 0 Å². The fourth-order valence-corrected chi connectivity index (χ4v) is 1.94. The van der Waals surface area contributed by atoms with Gasteiger partial charge in [0.25, 0.3) is 0 Å². The molecule has 0 radical (unpaired) electrons. The summed E-state index contributed by atoms with van der Waals surface area (Å²) < 4.78 is 4.81. The molecule has 3 amide bonds. The number of imide groups is 1. The first-order chi connectivity index (χ1) is 10.1. The van der Waals surface area contributed by atoms with E-state index in [0.717, 1.165) is 10.5 Å². The predicted molar refractivity (Wildman–Crippen MR) is 81.3 cm³/mol. The van der Waals surface area contributed by atoms with Gasteiger partial charge in [0, 0.05) is 24.7 Å². The summed E-state index contributed by atoms with van der Waals surface area (Å²) in [6.07, 6.45) is -0.122. The molecule has 0 aliphatic rings. The number of nitrogens with zero attached hydrogens (tertiary/aromatic N) is 1. The molecule has 0 spiro atoms. The van der Waals surface area contributed by atoms with Crippen LogP contribution in [0.15, 0.2) is 24.3 Å². The highest BCUT2D eigenvalue weighted by atomic mass is 35.5. The average molecular weight is 314 g/mol. The van der Waals surface area contributed by atoms with E-state index in [9.17, 15) is 9.59 Å². The van der Waals surface area contributed by atoms with E-state index in [1.807, 2.05) is 18.2 Å². The molecule has 6 nitrogen and oxygen atoms in total. The number of benzene rings is 1. The molecule has 0 saturated carbocycles. The van der Waals surface area contributed by atoms with Gasteiger partial charge in [-0.2, -0.15) is 0 Å². The van der Waals surface area contributed by atoms with Crippen LogP contribution in [0.5, 0.6) is 0 Å². The van der Waals surface area contributed by atoms with Crippen LogP contribution in [-0.4, -0.2) is 43.3 Å². The molecule has 1 aromatic carbocycles. The third kappa shape index (κ3) is 5.61. The van der Waals surface area contributed by atoms with E-state index >= 15 is 0 Å². The maximum Gasteiger partial charge on any atom is 0.418 e. The van der Waals surface area contributed by atoms with Crippen molar-refractivity contribution in [1.82, 2.24) is 10.2 Å². The lowest BCUT2D eigenvalue weighted by atomic mass is 10.1. The van der Waals surface area contributed by atoms with Crippen molar-refractivity contribution in [2.24, 2.45) is 5.73 Å². The summed E-state index contributed by atoms with van der Waals surface area (Å²) in [5, 5.41) is 3.30. The molecule has 116 valence electrons. The minimum atomic E-state index is -0.696. The average Bonchev–Trinajstić information content (AvgIpc) is 2.46. The summed E-state index contributed by atoms with van der Waals surface area (Å²) in [6.45, 7) is 2.52. The van der Waals surface area contributed by atoms with E-state index in [0.29, 0.717) is 18.0 Å². The molecular formula is C14H20ClN3O3. The lowest BCUT2D eigenvalue weighted by Crippen LogP contribution is -2.46. The van der Waals surface area contributed by atoms with Crippen LogP contribution in [0, 0.1) is 0 Å². The fraction of sp³-hybridized carbons (Fsp3) is 0.429. The summed E-state index contributed by atoms with van der Waals surface area (Å²) in [4.78, 5) is 24.5. The molecule has 0 aliphatic carbocycles. The van der Waals surface area contributed by atoms with Crippen LogP contribution in [0.2, 0.25) is 5.02 Å². The zero-order valence-electron chi connectivity index (χ0n) is 12.0. The number of ether oxygens (including phenoxy) is 1. The molecule has 0 bridgehead atoms. The highest BCUT2D eigenvalue weighted by molar-refractivity contribution is 6.31. The first kappa shape index (κ1) is 17.3. The van der Waals surface area contributed by atoms with E-state index in [2.05, 4.69) is 5.32 Å². The monoisotopic (exact) mass is 313 g/mol. The number of hydrogen-bond acceptors (Lipinski definition) is 4. The lowest BCUT2D eigenvalue weighted by molar-refractivity contribution is 0.115. The number of halogens is 1. The van der Waals surface area contributed by atoms with Crippen LogP contribution in [-0.2, 0) is 11.2 Å². The number of carbonyl (C=O) groups is 2. The second-order valence-electron chi connectivity index (χ2n) is 4.21. The Morgan fingerprint density at radius 1 is 1.38 bits per heavy atom. The van der Waals surface area contributed by atoms with Gasteiger partial charge in [0.15, 0.2) is 0 Å². The highest BCUT2D eigenvalue weighted by Crippen LogP contribution is 2.14. The van der Waals surface area contributed by atoms with Crippen LogP contribution < -0.4 is 11.1 Å². The molecule has 0 aromatic heterocycles. The van der Waals surface area contributed by atoms with Gasteiger partial charge >= 0.3 is 12.1 Å². The molecule has 21 heavy (non-hydrogen) atoms. The molecule has 0 fully saturated rings. The predicted octanol–water partition coefficient (Wildman–Crippen LogP) is 2.01. The zero-order chi connectivity index (χ0) is 15.7. The number of urea groups is 1. The van der Waals surface area contributed by atoms with Crippen LogP contribution in [0.3, 0.4) is 0 Å². The smallest absolute Gasteiger partial charge is 0.418 e. The van der Waals surface area contributed by atoms with Gasteiger partial charge in [-0.1, -0.05) is 29.8 Å². The van der Waals surface area contributed by atoms with Crippen molar-refractivity contribution in [3.63, 3.8) is 0 Å².